The number of carbonyl (C=O) groups excluding carboxylic acids is 2. The van der Waals surface area contributed by atoms with Gasteiger partial charge in [-0.25, -0.2) is 15.2 Å². The molecule has 2 amide bonds. The summed E-state index contributed by atoms with van der Waals surface area (Å²) in [5.41, 5.74) is 3.66. The van der Waals surface area contributed by atoms with Gasteiger partial charge >= 0.3 is 6.09 Å². The van der Waals surface area contributed by atoms with Crippen LogP contribution in [0.4, 0.5) is 10.5 Å². The number of fused-ring (bicyclic) bond motifs is 1. The first-order valence-corrected chi connectivity index (χ1v) is 6.27. The molecule has 102 valence electrons. The van der Waals surface area contributed by atoms with Crippen LogP contribution in [0.3, 0.4) is 0 Å². The monoisotopic (exact) mass is 262 g/mol. The lowest BCUT2D eigenvalue weighted by Crippen LogP contribution is -2.50. The summed E-state index contributed by atoms with van der Waals surface area (Å²) in [5, 5.41) is 1.27. The van der Waals surface area contributed by atoms with Gasteiger partial charge < -0.3 is 4.74 Å². The molecule has 1 N–H and O–H groups in total. The van der Waals surface area contributed by atoms with Crippen molar-refractivity contribution < 1.29 is 14.3 Å². The first kappa shape index (κ1) is 13.4. The highest BCUT2D eigenvalue weighted by Gasteiger charge is 2.27. The fourth-order valence-corrected chi connectivity index (χ4v) is 1.94. The fourth-order valence-electron chi connectivity index (χ4n) is 1.94. The van der Waals surface area contributed by atoms with Crippen LogP contribution >= 0.6 is 0 Å². The van der Waals surface area contributed by atoms with E-state index in [4.69, 9.17) is 4.74 Å². The molecule has 0 unspecified atom stereocenters. The zero-order valence-corrected chi connectivity index (χ0v) is 11.4. The van der Waals surface area contributed by atoms with Crippen molar-refractivity contribution in [3.05, 3.63) is 29.8 Å². The van der Waals surface area contributed by atoms with Gasteiger partial charge in [-0.05, 0) is 38.8 Å². The Bertz CT molecular complexity index is 506. The summed E-state index contributed by atoms with van der Waals surface area (Å²) in [5.74, 6) is -0.135. The number of para-hydroxylation sites is 1. The smallest absolute Gasteiger partial charge is 0.427 e. The molecule has 0 atom stereocenters. The summed E-state index contributed by atoms with van der Waals surface area (Å²) in [6.07, 6.45) is 0.450. The molecule has 0 spiro atoms. The Kier molecular flexibility index (Phi) is 3.46. The average molecular weight is 262 g/mol. The molecule has 1 heterocycles. The summed E-state index contributed by atoms with van der Waals surface area (Å²) in [6, 6.07) is 7.51. The summed E-state index contributed by atoms with van der Waals surface area (Å²) in [7, 11) is 0. The van der Waals surface area contributed by atoms with Gasteiger partial charge in [0, 0.05) is 6.42 Å². The number of nitrogens with one attached hydrogen (secondary N) is 1. The molecule has 1 aliphatic rings. The van der Waals surface area contributed by atoms with Crippen LogP contribution < -0.4 is 10.4 Å². The zero-order chi connectivity index (χ0) is 14.0. The molecule has 1 aliphatic heterocycles. The minimum absolute atomic E-state index is 0.135. The Hall–Kier alpha value is -2.04. The average Bonchev–Trinajstić information content (AvgIpc) is 2.31. The molecule has 0 bridgehead atoms. The van der Waals surface area contributed by atoms with Crippen molar-refractivity contribution in [2.24, 2.45) is 0 Å². The highest BCUT2D eigenvalue weighted by Crippen LogP contribution is 2.26. The van der Waals surface area contributed by atoms with Gasteiger partial charge in [0.05, 0.1) is 5.69 Å². The van der Waals surface area contributed by atoms with E-state index in [2.05, 4.69) is 5.43 Å². The SMILES string of the molecule is CC(C)(C)OC(=O)NN1C(=O)CCc2ccccc21. The Balaban J connectivity index is 2.16. The fraction of sp³-hybridized carbons (Fsp3) is 0.429. The van der Waals surface area contributed by atoms with Crippen LogP contribution in [0.15, 0.2) is 24.3 Å². The van der Waals surface area contributed by atoms with E-state index in [1.54, 1.807) is 20.8 Å². The van der Waals surface area contributed by atoms with E-state index < -0.39 is 11.7 Å². The molecule has 0 saturated heterocycles. The Labute approximate surface area is 112 Å². The summed E-state index contributed by atoms with van der Waals surface area (Å²) in [6.45, 7) is 5.33. The van der Waals surface area contributed by atoms with Gasteiger partial charge in [0.2, 0.25) is 5.91 Å². The number of ether oxygens (including phenoxy) is 1. The molecule has 1 aromatic carbocycles. The van der Waals surface area contributed by atoms with Gasteiger partial charge in [0.1, 0.15) is 5.60 Å². The molecular weight excluding hydrogens is 244 g/mol. The van der Waals surface area contributed by atoms with Crippen molar-refractivity contribution in [2.75, 3.05) is 5.01 Å². The molecular formula is C14H18N2O3. The van der Waals surface area contributed by atoms with E-state index in [-0.39, 0.29) is 5.91 Å². The number of aryl methyl sites for hydroxylation is 1. The molecule has 0 aromatic heterocycles. The van der Waals surface area contributed by atoms with E-state index in [9.17, 15) is 9.59 Å². The maximum atomic E-state index is 11.9. The predicted molar refractivity (Wildman–Crippen MR) is 71.6 cm³/mol. The number of carbonyl (C=O) groups is 2. The number of rotatable bonds is 1. The van der Waals surface area contributed by atoms with E-state index in [0.29, 0.717) is 18.5 Å². The third-order valence-corrected chi connectivity index (χ3v) is 2.69. The molecule has 1 aromatic rings. The Morgan fingerprint density at radius 1 is 1.26 bits per heavy atom. The second-order valence-corrected chi connectivity index (χ2v) is 5.47. The third-order valence-electron chi connectivity index (χ3n) is 2.69. The Morgan fingerprint density at radius 2 is 1.95 bits per heavy atom. The molecule has 5 nitrogen and oxygen atoms in total. The van der Waals surface area contributed by atoms with Gasteiger partial charge in [0.25, 0.3) is 0 Å². The largest absolute Gasteiger partial charge is 0.443 e. The number of hydrogen-bond acceptors (Lipinski definition) is 3. The van der Waals surface area contributed by atoms with Gasteiger partial charge in [-0.3, -0.25) is 4.79 Å². The second-order valence-electron chi connectivity index (χ2n) is 5.47. The topological polar surface area (TPSA) is 58.6 Å². The third kappa shape index (κ3) is 3.24. The van der Waals surface area contributed by atoms with Crippen LogP contribution in [-0.4, -0.2) is 17.6 Å². The van der Waals surface area contributed by atoms with E-state index in [0.717, 1.165) is 5.56 Å². The van der Waals surface area contributed by atoms with Crippen LogP contribution in [0.25, 0.3) is 0 Å². The van der Waals surface area contributed by atoms with Crippen LogP contribution in [0.1, 0.15) is 32.8 Å². The van der Waals surface area contributed by atoms with Crippen molar-refractivity contribution in [1.82, 2.24) is 5.43 Å². The van der Waals surface area contributed by atoms with Crippen molar-refractivity contribution in [2.45, 2.75) is 39.2 Å². The number of benzene rings is 1. The highest BCUT2D eigenvalue weighted by atomic mass is 16.6. The van der Waals surface area contributed by atoms with Crippen molar-refractivity contribution >= 4 is 17.7 Å². The molecule has 0 saturated carbocycles. The number of hydrogen-bond donors (Lipinski definition) is 1. The van der Waals surface area contributed by atoms with Crippen LogP contribution in [0.2, 0.25) is 0 Å². The quantitative estimate of drug-likeness (QED) is 0.845. The van der Waals surface area contributed by atoms with Crippen molar-refractivity contribution in [1.29, 1.82) is 0 Å². The molecule has 2 rings (SSSR count). The summed E-state index contributed by atoms with van der Waals surface area (Å²) < 4.78 is 5.16. The van der Waals surface area contributed by atoms with Gasteiger partial charge in [-0.1, -0.05) is 18.2 Å². The van der Waals surface area contributed by atoms with E-state index >= 15 is 0 Å². The molecule has 0 radical (unpaired) electrons. The van der Waals surface area contributed by atoms with Gasteiger partial charge in [0.15, 0.2) is 0 Å². The van der Waals surface area contributed by atoms with Crippen LogP contribution in [0.5, 0.6) is 0 Å². The number of nitrogens with zero attached hydrogens (tertiary/aromatic N) is 1. The number of hydrazine groups is 1. The standard InChI is InChI=1S/C14H18N2O3/c1-14(2,3)19-13(18)15-16-11-7-5-4-6-10(11)8-9-12(16)17/h4-7H,8-9H2,1-3H3,(H,15,18). The first-order valence-electron chi connectivity index (χ1n) is 6.27. The zero-order valence-electron chi connectivity index (χ0n) is 11.4. The molecule has 5 heteroatoms. The molecule has 0 aliphatic carbocycles. The lowest BCUT2D eigenvalue weighted by Gasteiger charge is -2.30. The second kappa shape index (κ2) is 4.91. The predicted octanol–water partition coefficient (Wildman–Crippen LogP) is 2.41. The van der Waals surface area contributed by atoms with E-state index in [1.807, 2.05) is 24.3 Å². The van der Waals surface area contributed by atoms with Crippen LogP contribution in [0, 0.1) is 0 Å². The normalized spacial score (nSPS) is 14.9. The molecule has 19 heavy (non-hydrogen) atoms. The van der Waals surface area contributed by atoms with Gasteiger partial charge in [-0.2, -0.15) is 0 Å². The van der Waals surface area contributed by atoms with Crippen molar-refractivity contribution in [3.8, 4) is 0 Å². The first-order chi connectivity index (χ1) is 8.87. The lowest BCUT2D eigenvalue weighted by molar-refractivity contribution is -0.119. The summed E-state index contributed by atoms with van der Waals surface area (Å²) in [4.78, 5) is 23.7. The summed E-state index contributed by atoms with van der Waals surface area (Å²) >= 11 is 0. The number of anilines is 1. The minimum Gasteiger partial charge on any atom is -0.443 e. The van der Waals surface area contributed by atoms with Gasteiger partial charge in [-0.15, -0.1) is 0 Å². The maximum absolute atomic E-state index is 11.9. The highest BCUT2D eigenvalue weighted by molar-refractivity contribution is 5.98. The minimum atomic E-state index is -0.627. The number of amides is 2. The Morgan fingerprint density at radius 3 is 2.63 bits per heavy atom. The molecule has 0 fully saturated rings. The van der Waals surface area contributed by atoms with E-state index in [1.165, 1.54) is 5.01 Å². The van der Waals surface area contributed by atoms with Crippen LogP contribution in [-0.2, 0) is 16.0 Å². The lowest BCUT2D eigenvalue weighted by atomic mass is 10.0. The van der Waals surface area contributed by atoms with Crippen molar-refractivity contribution in [3.63, 3.8) is 0 Å². The maximum Gasteiger partial charge on any atom is 0.427 e.